The maximum atomic E-state index is 12.9. The molecule has 0 N–H and O–H groups in total. The van der Waals surface area contributed by atoms with Crippen LogP contribution < -0.4 is 0 Å². The molecule has 0 unspecified atom stereocenters. The monoisotopic (exact) mass is 434 g/mol. The van der Waals surface area contributed by atoms with E-state index < -0.39 is 11.7 Å². The highest BCUT2D eigenvalue weighted by Crippen LogP contribution is 2.29. The Morgan fingerprint density at radius 2 is 1.97 bits per heavy atom. The third-order valence-electron chi connectivity index (χ3n) is 5.09. The third-order valence-corrected chi connectivity index (χ3v) is 5.09. The van der Waals surface area contributed by atoms with Crippen molar-refractivity contribution in [3.05, 3.63) is 71.3 Å². The van der Waals surface area contributed by atoms with Gasteiger partial charge in [-0.1, -0.05) is 23.4 Å². The quantitative estimate of drug-likeness (QED) is 0.611. The molecule has 7 nitrogen and oxygen atoms in total. The number of halogens is 3. The van der Waals surface area contributed by atoms with Crippen LogP contribution in [-0.4, -0.2) is 52.0 Å². The van der Waals surface area contributed by atoms with E-state index in [1.165, 1.54) is 12.3 Å². The number of benzene rings is 1. The first-order chi connectivity index (χ1) is 14.9. The van der Waals surface area contributed by atoms with Gasteiger partial charge >= 0.3 is 6.18 Å². The SMILES string of the molecule is O=C(c1ccco1)N1CCCN(Cc2nc(Cc3cccc(C(F)(F)F)c3)no2)CC1. The number of amides is 1. The first kappa shape index (κ1) is 21.1. The van der Waals surface area contributed by atoms with Gasteiger partial charge in [-0.05, 0) is 30.2 Å². The zero-order valence-corrected chi connectivity index (χ0v) is 16.6. The van der Waals surface area contributed by atoms with Gasteiger partial charge in [-0.25, -0.2) is 0 Å². The maximum absolute atomic E-state index is 12.9. The van der Waals surface area contributed by atoms with Crippen molar-refractivity contribution >= 4 is 5.91 Å². The van der Waals surface area contributed by atoms with Gasteiger partial charge in [0.1, 0.15) is 0 Å². The van der Waals surface area contributed by atoms with Gasteiger partial charge in [0.25, 0.3) is 5.91 Å². The summed E-state index contributed by atoms with van der Waals surface area (Å²) in [5, 5.41) is 3.90. The van der Waals surface area contributed by atoms with Gasteiger partial charge in [0.15, 0.2) is 11.6 Å². The lowest BCUT2D eigenvalue weighted by Gasteiger charge is -2.20. The van der Waals surface area contributed by atoms with Crippen molar-refractivity contribution < 1.29 is 26.9 Å². The molecule has 1 amide bonds. The summed E-state index contributed by atoms with van der Waals surface area (Å²) in [5.41, 5.74) is -0.240. The van der Waals surface area contributed by atoms with E-state index in [9.17, 15) is 18.0 Å². The number of alkyl halides is 3. The van der Waals surface area contributed by atoms with Crippen LogP contribution in [-0.2, 0) is 19.1 Å². The van der Waals surface area contributed by atoms with Gasteiger partial charge in [0, 0.05) is 32.6 Å². The van der Waals surface area contributed by atoms with Crippen LogP contribution in [0.4, 0.5) is 13.2 Å². The van der Waals surface area contributed by atoms with Crippen LogP contribution in [0.15, 0.2) is 51.6 Å². The molecule has 164 valence electrons. The second-order valence-corrected chi connectivity index (χ2v) is 7.38. The number of aromatic nitrogens is 2. The highest BCUT2D eigenvalue weighted by molar-refractivity contribution is 5.91. The zero-order chi connectivity index (χ0) is 21.8. The van der Waals surface area contributed by atoms with Crippen molar-refractivity contribution in [2.45, 2.75) is 25.6 Å². The van der Waals surface area contributed by atoms with Crippen LogP contribution >= 0.6 is 0 Å². The average molecular weight is 434 g/mol. The lowest BCUT2D eigenvalue weighted by atomic mass is 10.1. The number of furan rings is 1. The molecule has 2 aromatic heterocycles. The van der Waals surface area contributed by atoms with E-state index in [-0.39, 0.29) is 12.3 Å². The zero-order valence-electron chi connectivity index (χ0n) is 16.6. The molecule has 0 saturated carbocycles. The van der Waals surface area contributed by atoms with Crippen molar-refractivity contribution in [1.82, 2.24) is 19.9 Å². The smallest absolute Gasteiger partial charge is 0.416 e. The molecule has 0 bridgehead atoms. The van der Waals surface area contributed by atoms with Gasteiger partial charge in [0.05, 0.1) is 18.4 Å². The maximum Gasteiger partial charge on any atom is 0.416 e. The molecule has 1 fully saturated rings. The number of carbonyl (C=O) groups is 1. The highest BCUT2D eigenvalue weighted by Gasteiger charge is 2.30. The molecule has 1 saturated heterocycles. The molecule has 1 aliphatic rings. The summed E-state index contributed by atoms with van der Waals surface area (Å²) < 4.78 is 49.1. The van der Waals surface area contributed by atoms with Crippen LogP contribution in [0.3, 0.4) is 0 Å². The molecular formula is C21H21F3N4O3. The molecule has 3 heterocycles. The van der Waals surface area contributed by atoms with Gasteiger partial charge < -0.3 is 13.8 Å². The number of hydrogen-bond acceptors (Lipinski definition) is 6. The Hall–Kier alpha value is -3.14. The first-order valence-corrected chi connectivity index (χ1v) is 9.91. The summed E-state index contributed by atoms with van der Waals surface area (Å²) >= 11 is 0. The molecular weight excluding hydrogens is 413 g/mol. The second kappa shape index (κ2) is 8.93. The van der Waals surface area contributed by atoms with Crippen molar-refractivity contribution in [2.75, 3.05) is 26.2 Å². The second-order valence-electron chi connectivity index (χ2n) is 7.38. The van der Waals surface area contributed by atoms with Gasteiger partial charge in [0.2, 0.25) is 5.89 Å². The first-order valence-electron chi connectivity index (χ1n) is 9.91. The largest absolute Gasteiger partial charge is 0.459 e. The Labute approximate surface area is 176 Å². The fraction of sp³-hybridized carbons (Fsp3) is 0.381. The summed E-state index contributed by atoms with van der Waals surface area (Å²) in [6.45, 7) is 2.98. The lowest BCUT2D eigenvalue weighted by molar-refractivity contribution is -0.137. The summed E-state index contributed by atoms with van der Waals surface area (Å²) in [7, 11) is 0. The van der Waals surface area contributed by atoms with E-state index in [0.717, 1.165) is 25.1 Å². The third kappa shape index (κ3) is 5.32. The molecule has 1 aromatic carbocycles. The molecule has 4 rings (SSSR count). The van der Waals surface area contributed by atoms with E-state index in [0.29, 0.717) is 49.2 Å². The van der Waals surface area contributed by atoms with Crippen molar-refractivity contribution in [2.24, 2.45) is 0 Å². The number of carbonyl (C=O) groups excluding carboxylic acids is 1. The Kier molecular flexibility index (Phi) is 6.08. The summed E-state index contributed by atoms with van der Waals surface area (Å²) in [6, 6.07) is 8.43. The van der Waals surface area contributed by atoms with Gasteiger partial charge in [-0.2, -0.15) is 18.2 Å². The highest BCUT2D eigenvalue weighted by atomic mass is 19.4. The Morgan fingerprint density at radius 1 is 1.10 bits per heavy atom. The molecule has 0 aliphatic carbocycles. The molecule has 10 heteroatoms. The van der Waals surface area contributed by atoms with Crippen LogP contribution in [0.2, 0.25) is 0 Å². The van der Waals surface area contributed by atoms with Crippen LogP contribution in [0, 0.1) is 0 Å². The fourth-order valence-electron chi connectivity index (χ4n) is 3.55. The minimum Gasteiger partial charge on any atom is -0.459 e. The summed E-state index contributed by atoms with van der Waals surface area (Å²) in [6.07, 6.45) is -1.97. The minimum atomic E-state index is -4.39. The molecule has 31 heavy (non-hydrogen) atoms. The summed E-state index contributed by atoms with van der Waals surface area (Å²) in [4.78, 5) is 20.6. The van der Waals surface area contributed by atoms with E-state index in [1.807, 2.05) is 0 Å². The van der Waals surface area contributed by atoms with Gasteiger partial charge in [-0.3, -0.25) is 9.69 Å². The number of hydrogen-bond donors (Lipinski definition) is 0. The van der Waals surface area contributed by atoms with Crippen LogP contribution in [0.25, 0.3) is 0 Å². The van der Waals surface area contributed by atoms with Crippen LogP contribution in [0.1, 0.15) is 39.8 Å². The normalized spacial score (nSPS) is 15.8. The Balaban J connectivity index is 1.33. The topological polar surface area (TPSA) is 75.6 Å². The fourth-order valence-corrected chi connectivity index (χ4v) is 3.55. The van der Waals surface area contributed by atoms with E-state index >= 15 is 0 Å². The van der Waals surface area contributed by atoms with E-state index in [4.69, 9.17) is 8.94 Å². The molecule has 0 atom stereocenters. The van der Waals surface area contributed by atoms with Gasteiger partial charge in [-0.15, -0.1) is 0 Å². The molecule has 0 radical (unpaired) electrons. The van der Waals surface area contributed by atoms with Crippen LogP contribution in [0.5, 0.6) is 0 Å². The molecule has 1 aliphatic heterocycles. The van der Waals surface area contributed by atoms with E-state index in [2.05, 4.69) is 15.0 Å². The predicted molar refractivity (Wildman–Crippen MR) is 103 cm³/mol. The lowest BCUT2D eigenvalue weighted by Crippen LogP contribution is -2.34. The minimum absolute atomic E-state index is 0.131. The predicted octanol–water partition coefficient (Wildman–Crippen LogP) is 3.62. The average Bonchev–Trinajstić information content (AvgIpc) is 3.36. The van der Waals surface area contributed by atoms with Crippen molar-refractivity contribution in [3.8, 4) is 0 Å². The number of rotatable bonds is 5. The molecule has 3 aromatic rings. The Bertz CT molecular complexity index is 1020. The van der Waals surface area contributed by atoms with Crippen molar-refractivity contribution in [1.29, 1.82) is 0 Å². The Morgan fingerprint density at radius 3 is 2.74 bits per heavy atom. The summed E-state index contributed by atoms with van der Waals surface area (Å²) in [5.74, 6) is 0.921. The van der Waals surface area contributed by atoms with E-state index in [1.54, 1.807) is 23.1 Å². The molecule has 0 spiro atoms. The standard InChI is InChI=1S/C21H21F3N4O3/c22-21(23,24)16-5-1-4-15(12-16)13-18-25-19(31-26-18)14-27-7-3-8-28(10-9-27)20(29)17-6-2-11-30-17/h1-2,4-6,11-12H,3,7-10,13-14H2. The number of nitrogens with zero attached hydrogens (tertiary/aromatic N) is 4. The van der Waals surface area contributed by atoms with Crippen molar-refractivity contribution in [3.63, 3.8) is 0 Å².